The highest BCUT2D eigenvalue weighted by atomic mass is 16.5. The zero-order valence-electron chi connectivity index (χ0n) is 15.1. The smallest absolute Gasteiger partial charge is 0.291 e. The second-order valence-electron chi connectivity index (χ2n) is 5.67. The molecule has 27 heavy (non-hydrogen) atoms. The van der Waals surface area contributed by atoms with Gasteiger partial charge in [0.25, 0.3) is 5.91 Å². The molecule has 0 aliphatic carbocycles. The summed E-state index contributed by atoms with van der Waals surface area (Å²) >= 11 is 0. The fraction of sp³-hybridized carbons (Fsp3) is 0.200. The van der Waals surface area contributed by atoms with Gasteiger partial charge in [0.2, 0.25) is 0 Å². The Kier molecular flexibility index (Phi) is 6.06. The van der Waals surface area contributed by atoms with Crippen molar-refractivity contribution in [2.24, 2.45) is 0 Å². The highest BCUT2D eigenvalue weighted by molar-refractivity contribution is 6.02. The molecule has 140 valence electrons. The predicted octanol–water partition coefficient (Wildman–Crippen LogP) is 3.66. The second-order valence-corrected chi connectivity index (χ2v) is 5.67. The van der Waals surface area contributed by atoms with E-state index in [1.165, 1.54) is 0 Å². The SMILES string of the molecule is COCc1ccc(C(=O)Nc2ccc(OC)c(OCc3cccnc3)c2)o1. The van der Waals surface area contributed by atoms with Crippen LogP contribution in [0.3, 0.4) is 0 Å². The van der Waals surface area contributed by atoms with Crippen LogP contribution in [0.2, 0.25) is 0 Å². The third kappa shape index (κ3) is 4.86. The van der Waals surface area contributed by atoms with Crippen LogP contribution in [0.4, 0.5) is 5.69 Å². The zero-order valence-corrected chi connectivity index (χ0v) is 15.1. The van der Waals surface area contributed by atoms with Crippen molar-refractivity contribution in [1.29, 1.82) is 0 Å². The maximum Gasteiger partial charge on any atom is 0.291 e. The number of carbonyl (C=O) groups excluding carboxylic acids is 1. The molecule has 0 spiro atoms. The minimum atomic E-state index is -0.360. The van der Waals surface area contributed by atoms with Crippen LogP contribution < -0.4 is 14.8 Å². The van der Waals surface area contributed by atoms with Gasteiger partial charge in [0, 0.05) is 36.8 Å². The van der Waals surface area contributed by atoms with Crippen LogP contribution in [0.15, 0.2) is 59.3 Å². The van der Waals surface area contributed by atoms with E-state index in [1.807, 2.05) is 12.1 Å². The van der Waals surface area contributed by atoms with Crippen LogP contribution in [-0.2, 0) is 18.0 Å². The number of anilines is 1. The number of nitrogens with one attached hydrogen (secondary N) is 1. The average molecular weight is 368 g/mol. The molecule has 3 rings (SSSR count). The lowest BCUT2D eigenvalue weighted by Crippen LogP contribution is -2.11. The third-order valence-electron chi connectivity index (χ3n) is 3.71. The van der Waals surface area contributed by atoms with Gasteiger partial charge in [-0.3, -0.25) is 9.78 Å². The molecule has 0 aliphatic heterocycles. The molecule has 7 nitrogen and oxygen atoms in total. The highest BCUT2D eigenvalue weighted by Gasteiger charge is 2.13. The van der Waals surface area contributed by atoms with Crippen LogP contribution in [0.25, 0.3) is 0 Å². The van der Waals surface area contributed by atoms with E-state index in [0.29, 0.717) is 36.2 Å². The normalized spacial score (nSPS) is 10.4. The number of benzene rings is 1. The molecule has 0 atom stereocenters. The Morgan fingerprint density at radius 3 is 2.74 bits per heavy atom. The monoisotopic (exact) mass is 368 g/mol. The maximum atomic E-state index is 12.4. The first-order chi connectivity index (χ1) is 13.2. The number of hydrogen-bond acceptors (Lipinski definition) is 6. The molecule has 0 fully saturated rings. The molecule has 0 radical (unpaired) electrons. The Bertz CT molecular complexity index is 892. The standard InChI is InChI=1S/C20H20N2O5/c1-24-13-16-6-8-18(27-16)20(23)22-15-5-7-17(25-2)19(10-15)26-12-14-4-3-9-21-11-14/h3-11H,12-13H2,1-2H3,(H,22,23). The number of ether oxygens (including phenoxy) is 3. The largest absolute Gasteiger partial charge is 0.493 e. The Morgan fingerprint density at radius 1 is 1.11 bits per heavy atom. The average Bonchev–Trinajstić information content (AvgIpc) is 3.16. The zero-order chi connectivity index (χ0) is 19.1. The van der Waals surface area contributed by atoms with Crippen molar-refractivity contribution in [1.82, 2.24) is 4.98 Å². The highest BCUT2D eigenvalue weighted by Crippen LogP contribution is 2.31. The van der Waals surface area contributed by atoms with Gasteiger partial charge < -0.3 is 23.9 Å². The topological polar surface area (TPSA) is 82.8 Å². The summed E-state index contributed by atoms with van der Waals surface area (Å²) in [7, 11) is 3.12. The number of methoxy groups -OCH3 is 2. The lowest BCUT2D eigenvalue weighted by molar-refractivity contribution is 0.0987. The summed E-state index contributed by atoms with van der Waals surface area (Å²) in [6.07, 6.45) is 3.43. The molecule has 0 saturated heterocycles. The Hall–Kier alpha value is -3.32. The Balaban J connectivity index is 1.70. The molecule has 0 unspecified atom stereocenters. The summed E-state index contributed by atoms with van der Waals surface area (Å²) in [5.41, 5.74) is 1.49. The number of carbonyl (C=O) groups is 1. The van der Waals surface area contributed by atoms with Gasteiger partial charge in [-0.2, -0.15) is 0 Å². The molecule has 0 saturated carbocycles. The van der Waals surface area contributed by atoms with Crippen LogP contribution in [0, 0.1) is 0 Å². The van der Waals surface area contributed by atoms with E-state index in [-0.39, 0.29) is 11.7 Å². The van der Waals surface area contributed by atoms with Gasteiger partial charge in [-0.05, 0) is 30.3 Å². The van der Waals surface area contributed by atoms with Crippen molar-refractivity contribution < 1.29 is 23.4 Å². The van der Waals surface area contributed by atoms with E-state index in [2.05, 4.69) is 10.3 Å². The number of hydrogen-bond donors (Lipinski definition) is 1. The van der Waals surface area contributed by atoms with Gasteiger partial charge >= 0.3 is 0 Å². The fourth-order valence-corrected chi connectivity index (χ4v) is 2.42. The first kappa shape index (κ1) is 18.5. The van der Waals surface area contributed by atoms with Crippen LogP contribution in [0.1, 0.15) is 21.9 Å². The van der Waals surface area contributed by atoms with Crippen molar-refractivity contribution in [2.75, 3.05) is 19.5 Å². The summed E-state index contributed by atoms with van der Waals surface area (Å²) in [6, 6.07) is 12.2. The summed E-state index contributed by atoms with van der Waals surface area (Å²) in [4.78, 5) is 16.4. The molecule has 1 amide bonds. The molecule has 1 aromatic carbocycles. The van der Waals surface area contributed by atoms with Crippen LogP contribution in [-0.4, -0.2) is 25.1 Å². The predicted molar refractivity (Wildman–Crippen MR) is 98.9 cm³/mol. The van der Waals surface area contributed by atoms with Gasteiger partial charge in [0.1, 0.15) is 19.0 Å². The lowest BCUT2D eigenvalue weighted by Gasteiger charge is -2.12. The molecule has 0 bridgehead atoms. The third-order valence-corrected chi connectivity index (χ3v) is 3.71. The van der Waals surface area contributed by atoms with Crippen molar-refractivity contribution in [2.45, 2.75) is 13.2 Å². The van der Waals surface area contributed by atoms with E-state index in [9.17, 15) is 4.79 Å². The van der Waals surface area contributed by atoms with Crippen LogP contribution >= 0.6 is 0 Å². The molecule has 0 aliphatic rings. The molecule has 1 N–H and O–H groups in total. The minimum absolute atomic E-state index is 0.204. The summed E-state index contributed by atoms with van der Waals surface area (Å²) < 4.78 is 21.6. The van der Waals surface area contributed by atoms with Crippen molar-refractivity contribution in [3.8, 4) is 11.5 Å². The molecule has 3 aromatic rings. The van der Waals surface area contributed by atoms with Crippen LogP contribution in [0.5, 0.6) is 11.5 Å². The van der Waals surface area contributed by atoms with Gasteiger partial charge in [-0.15, -0.1) is 0 Å². The van der Waals surface area contributed by atoms with Crippen molar-refractivity contribution in [3.63, 3.8) is 0 Å². The van der Waals surface area contributed by atoms with E-state index < -0.39 is 0 Å². The number of rotatable bonds is 8. The molecular formula is C20H20N2O5. The summed E-state index contributed by atoms with van der Waals surface area (Å²) in [6.45, 7) is 0.641. The Morgan fingerprint density at radius 2 is 2.00 bits per heavy atom. The molecular weight excluding hydrogens is 348 g/mol. The first-order valence-corrected chi connectivity index (χ1v) is 8.28. The molecule has 2 aromatic heterocycles. The number of amides is 1. The lowest BCUT2D eigenvalue weighted by atomic mass is 10.2. The molecule has 7 heteroatoms. The fourth-order valence-electron chi connectivity index (χ4n) is 2.42. The van der Waals surface area contributed by atoms with Gasteiger partial charge in [-0.1, -0.05) is 6.07 Å². The number of pyridine rings is 1. The quantitative estimate of drug-likeness (QED) is 0.653. The van der Waals surface area contributed by atoms with Gasteiger partial charge in [0.05, 0.1) is 7.11 Å². The number of nitrogens with zero attached hydrogens (tertiary/aromatic N) is 1. The van der Waals surface area contributed by atoms with Gasteiger partial charge in [-0.25, -0.2) is 0 Å². The number of aromatic nitrogens is 1. The van der Waals surface area contributed by atoms with Gasteiger partial charge in [0.15, 0.2) is 17.3 Å². The van der Waals surface area contributed by atoms with E-state index >= 15 is 0 Å². The molecule has 2 heterocycles. The summed E-state index contributed by atoms with van der Waals surface area (Å²) in [5.74, 6) is 1.50. The first-order valence-electron chi connectivity index (χ1n) is 8.28. The van der Waals surface area contributed by atoms with E-state index in [4.69, 9.17) is 18.6 Å². The van der Waals surface area contributed by atoms with E-state index in [1.54, 1.807) is 56.9 Å². The van der Waals surface area contributed by atoms with E-state index in [0.717, 1.165) is 5.56 Å². The Labute approximate surface area is 156 Å². The van der Waals surface area contributed by atoms with Crippen molar-refractivity contribution in [3.05, 3.63) is 71.9 Å². The minimum Gasteiger partial charge on any atom is -0.493 e. The summed E-state index contributed by atoms with van der Waals surface area (Å²) in [5, 5.41) is 2.78. The maximum absolute atomic E-state index is 12.4. The van der Waals surface area contributed by atoms with Crippen molar-refractivity contribution >= 4 is 11.6 Å². The second kappa shape index (κ2) is 8.86. The number of furan rings is 1.